The largest absolute Gasteiger partial charge is 0.328 e. The predicted molar refractivity (Wildman–Crippen MR) is 43.8 cm³/mol. The van der Waals surface area contributed by atoms with Crippen molar-refractivity contribution in [2.75, 3.05) is 6.54 Å². The number of β-lactam (4-membered cyclic amide) rings is 1. The van der Waals surface area contributed by atoms with Gasteiger partial charge in [-0.3, -0.25) is 4.79 Å². The zero-order valence-electron chi connectivity index (χ0n) is 6.42. The van der Waals surface area contributed by atoms with Crippen LogP contribution >= 0.6 is 0 Å². The number of hydrogen-bond donors (Lipinski definition) is 0. The number of nitrogens with zero attached hydrogens (tertiary/aromatic N) is 1. The summed E-state index contributed by atoms with van der Waals surface area (Å²) in [7, 11) is 0. The molecule has 1 rings (SSSR count). The number of carbonyl (C=O) groups is 1. The predicted octanol–water partition coefficient (Wildman–Crippen LogP) is 0.797. The van der Waals surface area contributed by atoms with Crippen LogP contribution in [-0.2, 0) is 4.79 Å². The van der Waals surface area contributed by atoms with Crippen molar-refractivity contribution in [1.82, 2.24) is 4.90 Å². The second kappa shape index (κ2) is 3.25. The Morgan fingerprint density at radius 3 is 3.09 bits per heavy atom. The lowest BCUT2D eigenvalue weighted by molar-refractivity contribution is -0.144. The van der Waals surface area contributed by atoms with Crippen molar-refractivity contribution in [2.45, 2.75) is 18.9 Å². The molecular formula is C9H11NO. The molecule has 0 N–H and O–H groups in total. The highest BCUT2D eigenvalue weighted by Gasteiger charge is 2.33. The first kappa shape index (κ1) is 7.87. The smallest absolute Gasteiger partial charge is 0.225 e. The van der Waals surface area contributed by atoms with Gasteiger partial charge >= 0.3 is 0 Å². The quantitative estimate of drug-likeness (QED) is 0.330. The average molecular weight is 149 g/mol. The van der Waals surface area contributed by atoms with Crippen LogP contribution in [0.15, 0.2) is 12.7 Å². The molecule has 0 bridgehead atoms. The van der Waals surface area contributed by atoms with E-state index in [9.17, 15) is 4.79 Å². The molecule has 1 saturated heterocycles. The van der Waals surface area contributed by atoms with Gasteiger partial charge in [0.25, 0.3) is 0 Å². The molecule has 1 atom stereocenters. The van der Waals surface area contributed by atoms with E-state index in [1.807, 2.05) is 6.08 Å². The molecule has 1 heterocycles. The minimum atomic E-state index is 0.162. The fourth-order valence-corrected chi connectivity index (χ4v) is 1.24. The van der Waals surface area contributed by atoms with Crippen molar-refractivity contribution >= 4 is 5.91 Å². The summed E-state index contributed by atoms with van der Waals surface area (Å²) < 4.78 is 0. The summed E-state index contributed by atoms with van der Waals surface area (Å²) in [5.74, 6) is 2.62. The number of terminal acetylenes is 1. The maximum atomic E-state index is 10.9. The van der Waals surface area contributed by atoms with Crippen molar-refractivity contribution in [1.29, 1.82) is 0 Å². The molecule has 1 aliphatic rings. The van der Waals surface area contributed by atoms with Crippen LogP contribution in [0.1, 0.15) is 12.8 Å². The Morgan fingerprint density at radius 1 is 1.91 bits per heavy atom. The molecule has 1 fully saturated rings. The monoisotopic (exact) mass is 149 g/mol. The van der Waals surface area contributed by atoms with E-state index in [0.717, 1.165) is 6.42 Å². The van der Waals surface area contributed by atoms with Gasteiger partial charge in [0.1, 0.15) is 0 Å². The van der Waals surface area contributed by atoms with E-state index in [0.29, 0.717) is 19.0 Å². The van der Waals surface area contributed by atoms with Gasteiger partial charge in [-0.25, -0.2) is 0 Å². The van der Waals surface area contributed by atoms with Gasteiger partial charge < -0.3 is 4.90 Å². The van der Waals surface area contributed by atoms with E-state index in [2.05, 4.69) is 12.5 Å². The minimum absolute atomic E-state index is 0.162. The molecule has 1 aliphatic heterocycles. The Labute approximate surface area is 66.9 Å². The third-order valence-corrected chi connectivity index (χ3v) is 1.87. The number of carbonyl (C=O) groups excluding carboxylic acids is 1. The van der Waals surface area contributed by atoms with E-state index < -0.39 is 0 Å². The Kier molecular flexibility index (Phi) is 2.32. The summed E-state index contributed by atoms with van der Waals surface area (Å²) in [4.78, 5) is 12.6. The Morgan fingerprint density at radius 2 is 2.64 bits per heavy atom. The standard InChI is InChI=1S/C9H11NO/c1-3-5-8-7-9(11)10(8)6-4-2/h2-3,8H,1,5-7H2. The van der Waals surface area contributed by atoms with Crippen LogP contribution in [0.4, 0.5) is 0 Å². The van der Waals surface area contributed by atoms with Crippen LogP contribution in [-0.4, -0.2) is 23.4 Å². The molecule has 0 aromatic rings. The fourth-order valence-electron chi connectivity index (χ4n) is 1.24. The molecule has 1 unspecified atom stereocenters. The molecule has 1 amide bonds. The van der Waals surface area contributed by atoms with Gasteiger partial charge in [-0.1, -0.05) is 12.0 Å². The zero-order chi connectivity index (χ0) is 8.27. The summed E-state index contributed by atoms with van der Waals surface area (Å²) in [6.07, 6.45) is 8.40. The topological polar surface area (TPSA) is 20.3 Å². The van der Waals surface area contributed by atoms with Gasteiger partial charge in [0, 0.05) is 12.5 Å². The lowest BCUT2D eigenvalue weighted by atomic mass is 9.99. The summed E-state index contributed by atoms with van der Waals surface area (Å²) in [5, 5.41) is 0. The molecule has 0 aliphatic carbocycles. The Hall–Kier alpha value is -1.23. The molecule has 58 valence electrons. The first-order chi connectivity index (χ1) is 5.29. The first-order valence-corrected chi connectivity index (χ1v) is 3.63. The van der Waals surface area contributed by atoms with Gasteiger partial charge in [-0.2, -0.15) is 0 Å². The molecule has 0 radical (unpaired) electrons. The molecule has 11 heavy (non-hydrogen) atoms. The van der Waals surface area contributed by atoms with Crippen molar-refractivity contribution < 1.29 is 4.79 Å². The number of amides is 1. The van der Waals surface area contributed by atoms with Gasteiger partial charge in [0.05, 0.1) is 6.54 Å². The van der Waals surface area contributed by atoms with Gasteiger partial charge in [-0.05, 0) is 6.42 Å². The zero-order valence-corrected chi connectivity index (χ0v) is 6.42. The van der Waals surface area contributed by atoms with Crippen LogP contribution in [0.2, 0.25) is 0 Å². The first-order valence-electron chi connectivity index (χ1n) is 3.63. The summed E-state index contributed by atoms with van der Waals surface area (Å²) in [6, 6.07) is 0.316. The van der Waals surface area contributed by atoms with Crippen molar-refractivity contribution in [3.8, 4) is 12.3 Å². The lowest BCUT2D eigenvalue weighted by Gasteiger charge is -2.38. The molecular weight excluding hydrogens is 138 g/mol. The van der Waals surface area contributed by atoms with E-state index in [-0.39, 0.29) is 5.91 Å². The molecule has 2 heteroatoms. The third-order valence-electron chi connectivity index (χ3n) is 1.87. The highest BCUT2D eigenvalue weighted by atomic mass is 16.2. The SMILES string of the molecule is C#CCN1C(=O)CC1CC=C. The summed E-state index contributed by atoms with van der Waals surface area (Å²) in [6.45, 7) is 4.05. The second-order valence-corrected chi connectivity index (χ2v) is 2.61. The molecule has 2 nitrogen and oxygen atoms in total. The van der Waals surface area contributed by atoms with Crippen molar-refractivity contribution in [2.24, 2.45) is 0 Å². The fraction of sp³-hybridized carbons (Fsp3) is 0.444. The molecule has 0 saturated carbocycles. The van der Waals surface area contributed by atoms with Crippen LogP contribution in [0.3, 0.4) is 0 Å². The van der Waals surface area contributed by atoms with E-state index in [4.69, 9.17) is 6.42 Å². The summed E-state index contributed by atoms with van der Waals surface area (Å²) >= 11 is 0. The number of rotatable bonds is 3. The normalized spacial score (nSPS) is 22.3. The number of likely N-dealkylation sites (tertiary alicyclic amines) is 1. The molecule has 0 spiro atoms. The van der Waals surface area contributed by atoms with Crippen molar-refractivity contribution in [3.63, 3.8) is 0 Å². The summed E-state index contributed by atoms with van der Waals surface area (Å²) in [5.41, 5.74) is 0. The maximum absolute atomic E-state index is 10.9. The van der Waals surface area contributed by atoms with Crippen LogP contribution in [0.25, 0.3) is 0 Å². The van der Waals surface area contributed by atoms with Crippen LogP contribution in [0, 0.1) is 12.3 Å². The van der Waals surface area contributed by atoms with Crippen LogP contribution < -0.4 is 0 Å². The van der Waals surface area contributed by atoms with Gasteiger partial charge in [0.15, 0.2) is 0 Å². The van der Waals surface area contributed by atoms with E-state index in [1.165, 1.54) is 0 Å². The van der Waals surface area contributed by atoms with Crippen LogP contribution in [0.5, 0.6) is 0 Å². The highest BCUT2D eigenvalue weighted by Crippen LogP contribution is 2.21. The average Bonchev–Trinajstić information content (AvgIpc) is 2.00. The van der Waals surface area contributed by atoms with E-state index in [1.54, 1.807) is 4.90 Å². The minimum Gasteiger partial charge on any atom is -0.328 e. The number of hydrogen-bond acceptors (Lipinski definition) is 1. The van der Waals surface area contributed by atoms with E-state index >= 15 is 0 Å². The molecule has 0 aromatic carbocycles. The Balaban J connectivity index is 2.42. The maximum Gasteiger partial charge on any atom is 0.225 e. The third kappa shape index (κ3) is 1.43. The van der Waals surface area contributed by atoms with Crippen molar-refractivity contribution in [3.05, 3.63) is 12.7 Å². The highest BCUT2D eigenvalue weighted by molar-refractivity contribution is 5.83. The Bertz CT molecular complexity index is 212. The van der Waals surface area contributed by atoms with Gasteiger partial charge in [-0.15, -0.1) is 13.0 Å². The lowest BCUT2D eigenvalue weighted by Crippen LogP contribution is -2.52. The molecule has 0 aromatic heterocycles. The second-order valence-electron chi connectivity index (χ2n) is 2.61. The van der Waals surface area contributed by atoms with Gasteiger partial charge in [0.2, 0.25) is 5.91 Å².